The second-order valence-corrected chi connectivity index (χ2v) is 12.1. The van der Waals surface area contributed by atoms with Gasteiger partial charge >= 0.3 is 0 Å². The van der Waals surface area contributed by atoms with Crippen LogP contribution in [0.5, 0.6) is 5.75 Å². The third-order valence-electron chi connectivity index (χ3n) is 6.16. The van der Waals surface area contributed by atoms with Gasteiger partial charge in [-0.05, 0) is 93.5 Å². The van der Waals surface area contributed by atoms with E-state index in [1.807, 2.05) is 60.0 Å². The molecule has 0 saturated heterocycles. The van der Waals surface area contributed by atoms with Crippen LogP contribution in [0, 0.1) is 21.8 Å². The predicted octanol–water partition coefficient (Wildman–Crippen LogP) is 8.44. The Morgan fingerprint density at radius 2 is 1.88 bits per heavy atom. The standard InChI is InChI=1S/C32H23BrIN5O2S/c1-20-6-12-26(13-7-20)37-32-38-29(19-42-32)22-8-10-23(11-9-22)31(40)39-36-17-21-14-27(33)30(28(34)15-21)41-18-25-5-3-2-4-24(25)16-35/h2-15,17,19H,18H2,1H3,(H,37,38)(H,39,40)/b36-17-. The van der Waals surface area contributed by atoms with Crippen molar-refractivity contribution in [2.24, 2.45) is 5.10 Å². The molecule has 0 radical (unpaired) electrons. The first-order valence-electron chi connectivity index (χ1n) is 12.7. The summed E-state index contributed by atoms with van der Waals surface area (Å²) in [6, 6.07) is 28.7. The summed E-state index contributed by atoms with van der Waals surface area (Å²) < 4.78 is 7.60. The normalized spacial score (nSPS) is 10.8. The number of thiazole rings is 1. The van der Waals surface area contributed by atoms with Crippen molar-refractivity contribution < 1.29 is 9.53 Å². The van der Waals surface area contributed by atoms with Crippen LogP contribution >= 0.6 is 49.9 Å². The highest BCUT2D eigenvalue weighted by atomic mass is 127. The number of nitriles is 1. The van der Waals surface area contributed by atoms with E-state index in [2.05, 4.69) is 84.5 Å². The van der Waals surface area contributed by atoms with Crippen molar-refractivity contribution in [1.82, 2.24) is 10.4 Å². The fourth-order valence-electron chi connectivity index (χ4n) is 3.94. The zero-order chi connectivity index (χ0) is 29.5. The Morgan fingerprint density at radius 1 is 1.12 bits per heavy atom. The molecule has 0 bridgehead atoms. The molecule has 0 atom stereocenters. The molecule has 0 aliphatic carbocycles. The number of benzene rings is 4. The third-order valence-corrected chi connectivity index (χ3v) is 8.31. The molecule has 5 aromatic rings. The van der Waals surface area contributed by atoms with Crippen molar-refractivity contribution in [3.05, 3.63) is 126 Å². The number of anilines is 2. The van der Waals surface area contributed by atoms with E-state index in [1.165, 1.54) is 16.9 Å². The van der Waals surface area contributed by atoms with Gasteiger partial charge in [0, 0.05) is 27.8 Å². The Balaban J connectivity index is 1.17. The summed E-state index contributed by atoms with van der Waals surface area (Å²) in [5.41, 5.74) is 9.19. The average Bonchev–Trinajstić information content (AvgIpc) is 3.46. The minimum Gasteiger partial charge on any atom is -0.487 e. The van der Waals surface area contributed by atoms with Crippen molar-refractivity contribution >= 4 is 72.8 Å². The van der Waals surface area contributed by atoms with Crippen LogP contribution in [0.15, 0.2) is 99.9 Å². The lowest BCUT2D eigenvalue weighted by molar-refractivity contribution is 0.0955. The van der Waals surface area contributed by atoms with Gasteiger partial charge in [0.05, 0.1) is 31.6 Å². The van der Waals surface area contributed by atoms with Crippen LogP contribution in [0.3, 0.4) is 0 Å². The first-order valence-corrected chi connectivity index (χ1v) is 15.5. The number of ether oxygens (including phenoxy) is 1. The van der Waals surface area contributed by atoms with Gasteiger partial charge in [-0.25, -0.2) is 10.4 Å². The molecule has 208 valence electrons. The molecule has 0 spiro atoms. The van der Waals surface area contributed by atoms with Crippen LogP contribution in [0.25, 0.3) is 11.3 Å². The molecule has 42 heavy (non-hydrogen) atoms. The van der Waals surface area contributed by atoms with Crippen molar-refractivity contribution in [2.45, 2.75) is 13.5 Å². The molecule has 2 N–H and O–H groups in total. The number of hydrogen-bond donors (Lipinski definition) is 2. The Morgan fingerprint density at radius 3 is 2.62 bits per heavy atom. The molecule has 1 aromatic heterocycles. The second kappa shape index (κ2) is 13.7. The molecule has 10 heteroatoms. The summed E-state index contributed by atoms with van der Waals surface area (Å²) in [7, 11) is 0. The second-order valence-electron chi connectivity index (χ2n) is 9.18. The van der Waals surface area contributed by atoms with Gasteiger partial charge < -0.3 is 10.1 Å². The molecule has 0 unspecified atom stereocenters. The van der Waals surface area contributed by atoms with Crippen molar-refractivity contribution in [3.63, 3.8) is 0 Å². The number of halogens is 2. The SMILES string of the molecule is Cc1ccc(Nc2nc(-c3ccc(C(=O)N/N=C\c4cc(Br)c(OCc5ccccc5C#N)c(I)c4)cc3)cs2)cc1. The molecule has 7 nitrogen and oxygen atoms in total. The molecule has 0 fully saturated rings. The Labute approximate surface area is 269 Å². The molecule has 0 saturated carbocycles. The van der Waals surface area contributed by atoms with Gasteiger partial charge in [0.15, 0.2) is 5.13 Å². The van der Waals surface area contributed by atoms with Gasteiger partial charge in [0.2, 0.25) is 0 Å². The minimum absolute atomic E-state index is 0.272. The van der Waals surface area contributed by atoms with E-state index in [0.29, 0.717) is 16.9 Å². The van der Waals surface area contributed by atoms with E-state index < -0.39 is 0 Å². The first kappa shape index (κ1) is 29.4. The number of hydrazone groups is 1. The third kappa shape index (κ3) is 7.42. The molecule has 0 aliphatic heterocycles. The number of amides is 1. The minimum atomic E-state index is -0.317. The van der Waals surface area contributed by atoms with Crippen LogP contribution in [0.4, 0.5) is 10.8 Å². The number of nitrogens with one attached hydrogen (secondary N) is 2. The maximum atomic E-state index is 12.7. The number of carbonyl (C=O) groups is 1. The molecule has 0 aliphatic rings. The Kier molecular flexibility index (Phi) is 9.63. The summed E-state index contributed by atoms with van der Waals surface area (Å²) in [6.45, 7) is 2.33. The van der Waals surface area contributed by atoms with Crippen molar-refractivity contribution in [3.8, 4) is 23.1 Å². The lowest BCUT2D eigenvalue weighted by Crippen LogP contribution is -2.17. The fraction of sp³-hybridized carbons (Fsp3) is 0.0625. The van der Waals surface area contributed by atoms with Crippen LogP contribution in [-0.4, -0.2) is 17.1 Å². The highest BCUT2D eigenvalue weighted by Crippen LogP contribution is 2.32. The zero-order valence-electron chi connectivity index (χ0n) is 22.3. The smallest absolute Gasteiger partial charge is 0.271 e. The molecular formula is C32H23BrIN5O2S. The zero-order valence-corrected chi connectivity index (χ0v) is 26.8. The highest BCUT2D eigenvalue weighted by molar-refractivity contribution is 14.1. The van der Waals surface area contributed by atoms with Crippen LogP contribution in [-0.2, 0) is 6.61 Å². The summed E-state index contributed by atoms with van der Waals surface area (Å²) in [6.07, 6.45) is 1.58. The van der Waals surface area contributed by atoms with E-state index in [9.17, 15) is 10.1 Å². The highest BCUT2D eigenvalue weighted by Gasteiger charge is 2.11. The van der Waals surface area contributed by atoms with E-state index >= 15 is 0 Å². The monoisotopic (exact) mass is 747 g/mol. The number of rotatable bonds is 9. The van der Waals surface area contributed by atoms with Gasteiger partial charge in [0.1, 0.15) is 12.4 Å². The maximum Gasteiger partial charge on any atom is 0.271 e. The first-order chi connectivity index (χ1) is 20.4. The van der Waals surface area contributed by atoms with Crippen LogP contribution < -0.4 is 15.5 Å². The molecule has 1 amide bonds. The molecule has 1 heterocycles. The van der Waals surface area contributed by atoms with Gasteiger partial charge in [-0.3, -0.25) is 4.79 Å². The maximum absolute atomic E-state index is 12.7. The van der Waals surface area contributed by atoms with Gasteiger partial charge in [-0.1, -0.05) is 48.0 Å². The summed E-state index contributed by atoms with van der Waals surface area (Å²) in [5, 5.41) is 19.5. The fourth-order valence-corrected chi connectivity index (χ4v) is 6.45. The quantitative estimate of drug-likeness (QED) is 0.0896. The van der Waals surface area contributed by atoms with E-state index in [0.717, 1.165) is 41.2 Å². The lowest BCUT2D eigenvalue weighted by atomic mass is 10.1. The lowest BCUT2D eigenvalue weighted by Gasteiger charge is -2.12. The summed E-state index contributed by atoms with van der Waals surface area (Å²) >= 11 is 7.27. The number of carbonyl (C=O) groups excluding carboxylic acids is 1. The Hall–Kier alpha value is -4.05. The van der Waals surface area contributed by atoms with Crippen LogP contribution in [0.2, 0.25) is 0 Å². The number of aryl methyl sites for hydroxylation is 1. The topological polar surface area (TPSA) is 99.4 Å². The van der Waals surface area contributed by atoms with Crippen molar-refractivity contribution in [1.29, 1.82) is 5.26 Å². The average molecular weight is 748 g/mol. The molecule has 4 aromatic carbocycles. The molecule has 5 rings (SSSR count). The summed E-state index contributed by atoms with van der Waals surface area (Å²) in [4.78, 5) is 17.3. The number of aromatic nitrogens is 1. The van der Waals surface area contributed by atoms with Crippen molar-refractivity contribution in [2.75, 3.05) is 5.32 Å². The largest absolute Gasteiger partial charge is 0.487 e. The van der Waals surface area contributed by atoms with Gasteiger partial charge in [-0.2, -0.15) is 10.4 Å². The summed E-state index contributed by atoms with van der Waals surface area (Å²) in [5.74, 6) is 0.352. The number of nitrogens with zero attached hydrogens (tertiary/aromatic N) is 3. The van der Waals surface area contributed by atoms with Crippen LogP contribution in [0.1, 0.15) is 32.6 Å². The van der Waals surface area contributed by atoms with E-state index in [1.54, 1.807) is 24.4 Å². The van der Waals surface area contributed by atoms with Gasteiger partial charge in [-0.15, -0.1) is 11.3 Å². The number of hydrogen-bond acceptors (Lipinski definition) is 7. The molecular weight excluding hydrogens is 725 g/mol. The Bertz CT molecular complexity index is 1770. The predicted molar refractivity (Wildman–Crippen MR) is 179 cm³/mol. The van der Waals surface area contributed by atoms with Gasteiger partial charge in [0.25, 0.3) is 5.91 Å². The van der Waals surface area contributed by atoms with E-state index in [4.69, 9.17) is 4.74 Å². The van der Waals surface area contributed by atoms with E-state index in [-0.39, 0.29) is 12.5 Å².